The summed E-state index contributed by atoms with van der Waals surface area (Å²) in [6, 6.07) is -1.40. The van der Waals surface area contributed by atoms with Crippen LogP contribution in [-0.2, 0) is 19.1 Å². The predicted octanol–water partition coefficient (Wildman–Crippen LogP) is -1.17. The first-order chi connectivity index (χ1) is 8.93. The maximum atomic E-state index is 11.7. The zero-order valence-corrected chi connectivity index (χ0v) is 11.0. The number of carbonyl (C=O) groups excluding carboxylic acids is 3. The van der Waals surface area contributed by atoms with E-state index < -0.39 is 18.0 Å². The summed E-state index contributed by atoms with van der Waals surface area (Å²) in [4.78, 5) is 35.3. The monoisotopic (exact) mass is 273 g/mol. The molecule has 3 amide bonds. The lowest BCUT2D eigenvalue weighted by Gasteiger charge is -2.35. The maximum Gasteiger partial charge on any atom is 0.318 e. The standard InChI is InChI=1S/C11H19N3O5/c1-7(10(16)13-11(12)17)14-3-4-19-8(6-14)5-9(15)18-2/h7-8H,3-6H2,1-2H3,(H3,12,13,16,17). The number of hydrogen-bond acceptors (Lipinski definition) is 6. The van der Waals surface area contributed by atoms with E-state index in [4.69, 9.17) is 10.5 Å². The van der Waals surface area contributed by atoms with Crippen molar-refractivity contribution >= 4 is 17.9 Å². The van der Waals surface area contributed by atoms with Gasteiger partial charge >= 0.3 is 12.0 Å². The van der Waals surface area contributed by atoms with E-state index in [1.165, 1.54) is 7.11 Å². The van der Waals surface area contributed by atoms with Crippen molar-refractivity contribution in [3.8, 4) is 0 Å². The molecule has 8 nitrogen and oxygen atoms in total. The lowest BCUT2D eigenvalue weighted by atomic mass is 10.1. The third kappa shape index (κ3) is 4.84. The Kier molecular flexibility index (Phi) is 5.71. The number of rotatable bonds is 4. The second-order valence-corrected chi connectivity index (χ2v) is 4.30. The molecule has 1 rings (SSSR count). The lowest BCUT2D eigenvalue weighted by molar-refractivity contribution is -0.146. The zero-order valence-electron chi connectivity index (χ0n) is 11.0. The summed E-state index contributed by atoms with van der Waals surface area (Å²) in [6.45, 7) is 3.04. The van der Waals surface area contributed by atoms with Gasteiger partial charge < -0.3 is 15.2 Å². The molecule has 3 N–H and O–H groups in total. The number of urea groups is 1. The Morgan fingerprint density at radius 2 is 2.21 bits per heavy atom. The number of amides is 3. The molecule has 2 unspecified atom stereocenters. The fourth-order valence-electron chi connectivity index (χ4n) is 1.88. The largest absolute Gasteiger partial charge is 0.469 e. The van der Waals surface area contributed by atoms with Crippen LogP contribution in [0, 0.1) is 0 Å². The average molecular weight is 273 g/mol. The van der Waals surface area contributed by atoms with Crippen LogP contribution in [-0.4, -0.2) is 61.8 Å². The fourth-order valence-corrected chi connectivity index (χ4v) is 1.88. The zero-order chi connectivity index (χ0) is 14.4. The van der Waals surface area contributed by atoms with E-state index in [1.54, 1.807) is 6.92 Å². The summed E-state index contributed by atoms with van der Waals surface area (Å²) in [6.07, 6.45) is -0.179. The van der Waals surface area contributed by atoms with Gasteiger partial charge in [-0.15, -0.1) is 0 Å². The summed E-state index contributed by atoms with van der Waals surface area (Å²) in [7, 11) is 1.31. The number of nitrogens with zero attached hydrogens (tertiary/aromatic N) is 1. The van der Waals surface area contributed by atoms with Gasteiger partial charge in [0.05, 0.1) is 32.3 Å². The molecule has 0 saturated carbocycles. The summed E-state index contributed by atoms with van der Waals surface area (Å²) in [5.74, 6) is -0.827. The van der Waals surface area contributed by atoms with Crippen molar-refractivity contribution in [2.24, 2.45) is 5.73 Å². The number of hydrogen-bond donors (Lipinski definition) is 2. The van der Waals surface area contributed by atoms with Crippen LogP contribution in [0.5, 0.6) is 0 Å². The Labute approximate surface area is 111 Å². The molecule has 108 valence electrons. The second-order valence-electron chi connectivity index (χ2n) is 4.30. The molecule has 0 aliphatic carbocycles. The van der Waals surface area contributed by atoms with Crippen molar-refractivity contribution in [2.75, 3.05) is 26.8 Å². The first-order valence-electron chi connectivity index (χ1n) is 5.96. The number of ether oxygens (including phenoxy) is 2. The van der Waals surface area contributed by atoms with Gasteiger partial charge in [-0.3, -0.25) is 19.8 Å². The van der Waals surface area contributed by atoms with E-state index in [0.29, 0.717) is 19.7 Å². The summed E-state index contributed by atoms with van der Waals surface area (Å²) >= 11 is 0. The summed E-state index contributed by atoms with van der Waals surface area (Å²) in [5, 5.41) is 2.03. The Morgan fingerprint density at radius 1 is 1.53 bits per heavy atom. The Balaban J connectivity index is 2.51. The van der Waals surface area contributed by atoms with Crippen molar-refractivity contribution in [1.29, 1.82) is 0 Å². The van der Waals surface area contributed by atoms with Crippen molar-refractivity contribution in [1.82, 2.24) is 10.2 Å². The molecular formula is C11H19N3O5. The van der Waals surface area contributed by atoms with Crippen LogP contribution in [0.3, 0.4) is 0 Å². The van der Waals surface area contributed by atoms with Gasteiger partial charge in [-0.2, -0.15) is 0 Å². The Hall–Kier alpha value is -1.67. The van der Waals surface area contributed by atoms with Gasteiger partial charge in [0.15, 0.2) is 0 Å². The lowest BCUT2D eigenvalue weighted by Crippen LogP contribution is -2.54. The van der Waals surface area contributed by atoms with E-state index in [9.17, 15) is 14.4 Å². The number of methoxy groups -OCH3 is 1. The normalized spacial score (nSPS) is 21.5. The van der Waals surface area contributed by atoms with Crippen LogP contribution < -0.4 is 11.1 Å². The number of morpholine rings is 1. The quantitative estimate of drug-likeness (QED) is 0.625. The van der Waals surface area contributed by atoms with Crippen molar-refractivity contribution in [2.45, 2.75) is 25.5 Å². The SMILES string of the molecule is COC(=O)CC1CN(C(C)C(=O)NC(N)=O)CCO1. The molecule has 1 aliphatic rings. The van der Waals surface area contributed by atoms with Crippen LogP contribution in [0.2, 0.25) is 0 Å². The van der Waals surface area contributed by atoms with E-state index in [0.717, 1.165) is 0 Å². The number of primary amides is 1. The van der Waals surface area contributed by atoms with Crippen LogP contribution >= 0.6 is 0 Å². The molecule has 0 spiro atoms. The minimum atomic E-state index is -0.878. The Morgan fingerprint density at radius 3 is 2.79 bits per heavy atom. The van der Waals surface area contributed by atoms with E-state index in [-0.39, 0.29) is 18.5 Å². The molecule has 1 aliphatic heterocycles. The van der Waals surface area contributed by atoms with Gasteiger partial charge in [-0.1, -0.05) is 0 Å². The van der Waals surface area contributed by atoms with E-state index in [2.05, 4.69) is 4.74 Å². The maximum absolute atomic E-state index is 11.7. The first kappa shape index (κ1) is 15.4. The highest BCUT2D eigenvalue weighted by molar-refractivity contribution is 5.96. The minimum absolute atomic E-state index is 0.136. The summed E-state index contributed by atoms with van der Waals surface area (Å²) < 4.78 is 10.00. The van der Waals surface area contributed by atoms with Gasteiger partial charge in [-0.25, -0.2) is 4.79 Å². The van der Waals surface area contributed by atoms with Crippen LogP contribution in [0.1, 0.15) is 13.3 Å². The number of carbonyl (C=O) groups is 3. The van der Waals surface area contributed by atoms with Gasteiger partial charge in [0.25, 0.3) is 0 Å². The highest BCUT2D eigenvalue weighted by Gasteiger charge is 2.29. The fraction of sp³-hybridized carbons (Fsp3) is 0.727. The average Bonchev–Trinajstić information content (AvgIpc) is 2.37. The molecule has 2 atom stereocenters. The molecule has 0 aromatic carbocycles. The molecule has 1 saturated heterocycles. The second kappa shape index (κ2) is 7.05. The minimum Gasteiger partial charge on any atom is -0.469 e. The molecule has 19 heavy (non-hydrogen) atoms. The molecular weight excluding hydrogens is 254 g/mol. The smallest absolute Gasteiger partial charge is 0.318 e. The molecule has 1 heterocycles. The molecule has 0 bridgehead atoms. The third-order valence-electron chi connectivity index (χ3n) is 2.97. The van der Waals surface area contributed by atoms with Gasteiger partial charge in [-0.05, 0) is 6.92 Å². The number of esters is 1. The number of imide groups is 1. The van der Waals surface area contributed by atoms with Crippen molar-refractivity contribution < 1.29 is 23.9 Å². The van der Waals surface area contributed by atoms with E-state index >= 15 is 0 Å². The third-order valence-corrected chi connectivity index (χ3v) is 2.97. The first-order valence-corrected chi connectivity index (χ1v) is 5.96. The molecule has 0 radical (unpaired) electrons. The van der Waals surface area contributed by atoms with Gasteiger partial charge in [0.1, 0.15) is 0 Å². The van der Waals surface area contributed by atoms with Crippen molar-refractivity contribution in [3.63, 3.8) is 0 Å². The van der Waals surface area contributed by atoms with Crippen molar-refractivity contribution in [3.05, 3.63) is 0 Å². The predicted molar refractivity (Wildman–Crippen MR) is 65.1 cm³/mol. The highest BCUT2D eigenvalue weighted by Crippen LogP contribution is 2.12. The van der Waals surface area contributed by atoms with Gasteiger partial charge in [0.2, 0.25) is 5.91 Å². The summed E-state index contributed by atoms with van der Waals surface area (Å²) in [5.41, 5.74) is 4.90. The topological polar surface area (TPSA) is 111 Å². The number of nitrogens with one attached hydrogen (secondary N) is 1. The molecule has 1 fully saturated rings. The Bertz CT molecular complexity index is 360. The van der Waals surface area contributed by atoms with Gasteiger partial charge in [0, 0.05) is 13.1 Å². The molecule has 0 aromatic rings. The van der Waals surface area contributed by atoms with E-state index in [1.807, 2.05) is 10.2 Å². The highest BCUT2D eigenvalue weighted by atomic mass is 16.5. The molecule has 0 aromatic heterocycles. The van der Waals surface area contributed by atoms with Crippen LogP contribution in [0.25, 0.3) is 0 Å². The van der Waals surface area contributed by atoms with Crippen LogP contribution in [0.4, 0.5) is 4.79 Å². The van der Waals surface area contributed by atoms with Crippen LogP contribution in [0.15, 0.2) is 0 Å². The number of nitrogens with two attached hydrogens (primary N) is 1. The molecule has 8 heteroatoms.